The average molecular weight is 247 g/mol. The molecule has 0 radical (unpaired) electrons. The maximum Gasteiger partial charge on any atom is 0.337 e. The molecule has 0 unspecified atom stereocenters. The number of ether oxygens (including phenoxy) is 1. The fourth-order valence-corrected chi connectivity index (χ4v) is 1.60. The zero-order chi connectivity index (χ0) is 13.3. The molecule has 0 fully saturated rings. The summed E-state index contributed by atoms with van der Waals surface area (Å²) in [5.74, 6) is -0.0223. The number of nitrogens with two attached hydrogens (primary N) is 1. The van der Waals surface area contributed by atoms with Gasteiger partial charge in [0, 0.05) is 24.9 Å². The van der Waals surface area contributed by atoms with Gasteiger partial charge in [-0.25, -0.2) is 9.48 Å². The minimum absolute atomic E-state index is 0.0588. The van der Waals surface area contributed by atoms with Crippen LogP contribution < -0.4 is 10.5 Å². The number of hydrogen-bond donors (Lipinski definition) is 2. The predicted molar refractivity (Wildman–Crippen MR) is 65.8 cm³/mol. The highest BCUT2D eigenvalue weighted by atomic mass is 16.5. The number of aromatic carboxylic acids is 1. The molecule has 0 spiro atoms. The molecule has 0 saturated carbocycles. The molecule has 2 aromatic rings. The Morgan fingerprint density at radius 3 is 2.67 bits per heavy atom. The molecule has 0 bridgehead atoms. The van der Waals surface area contributed by atoms with E-state index in [1.165, 1.54) is 12.1 Å². The Morgan fingerprint density at radius 2 is 2.17 bits per heavy atom. The van der Waals surface area contributed by atoms with Gasteiger partial charge in [0.15, 0.2) is 0 Å². The molecule has 94 valence electrons. The minimum Gasteiger partial charge on any atom is -0.478 e. The summed E-state index contributed by atoms with van der Waals surface area (Å²) in [6.07, 6.45) is 0. The van der Waals surface area contributed by atoms with E-state index in [0.717, 1.165) is 5.69 Å². The van der Waals surface area contributed by atoms with Gasteiger partial charge in [0.05, 0.1) is 11.3 Å². The van der Waals surface area contributed by atoms with Crippen LogP contribution in [-0.4, -0.2) is 20.9 Å². The monoisotopic (exact) mass is 247 g/mol. The number of benzene rings is 1. The summed E-state index contributed by atoms with van der Waals surface area (Å²) in [6, 6.07) is 6.23. The van der Waals surface area contributed by atoms with Crippen LogP contribution in [0.2, 0.25) is 0 Å². The molecule has 1 heterocycles. The molecule has 1 aromatic carbocycles. The normalized spacial score (nSPS) is 10.3. The second-order valence-corrected chi connectivity index (χ2v) is 3.90. The molecule has 0 saturated heterocycles. The number of hydrogen-bond acceptors (Lipinski definition) is 4. The zero-order valence-electron chi connectivity index (χ0n) is 10.0. The van der Waals surface area contributed by atoms with E-state index in [1.54, 1.807) is 23.9 Å². The van der Waals surface area contributed by atoms with Gasteiger partial charge in [0.25, 0.3) is 0 Å². The topological polar surface area (TPSA) is 90.4 Å². The number of nitrogen functional groups attached to an aromatic ring is 1. The first kappa shape index (κ1) is 12.0. The molecule has 3 N–H and O–H groups in total. The Labute approximate surface area is 104 Å². The van der Waals surface area contributed by atoms with Crippen LogP contribution in [0.4, 0.5) is 5.69 Å². The number of carbonyl (C=O) groups is 1. The molecule has 2 rings (SSSR count). The number of carboxylic acid groups (broad SMARTS) is 1. The molecular formula is C12H13N3O3. The van der Waals surface area contributed by atoms with Crippen molar-refractivity contribution in [1.29, 1.82) is 0 Å². The summed E-state index contributed by atoms with van der Waals surface area (Å²) >= 11 is 0. The third kappa shape index (κ3) is 2.27. The van der Waals surface area contributed by atoms with Crippen LogP contribution in [0.3, 0.4) is 0 Å². The Morgan fingerprint density at radius 1 is 1.44 bits per heavy atom. The van der Waals surface area contributed by atoms with Crippen molar-refractivity contribution in [2.75, 3.05) is 5.73 Å². The third-order valence-corrected chi connectivity index (χ3v) is 2.43. The van der Waals surface area contributed by atoms with Gasteiger partial charge in [-0.2, -0.15) is 5.10 Å². The SMILES string of the molecule is Cc1cc(Oc2ccc(C(=O)O)c(N)c2)n(C)n1. The van der Waals surface area contributed by atoms with Crippen LogP contribution in [0, 0.1) is 6.92 Å². The average Bonchev–Trinajstić information content (AvgIpc) is 2.57. The smallest absolute Gasteiger partial charge is 0.337 e. The quantitative estimate of drug-likeness (QED) is 0.807. The lowest BCUT2D eigenvalue weighted by Gasteiger charge is -2.07. The predicted octanol–water partition coefficient (Wildman–Crippen LogP) is 1.80. The lowest BCUT2D eigenvalue weighted by atomic mass is 10.2. The molecule has 1 aromatic heterocycles. The highest BCUT2D eigenvalue weighted by molar-refractivity contribution is 5.93. The third-order valence-electron chi connectivity index (χ3n) is 2.43. The summed E-state index contributed by atoms with van der Waals surface area (Å²) in [5.41, 5.74) is 6.70. The van der Waals surface area contributed by atoms with Crippen molar-refractivity contribution in [3.63, 3.8) is 0 Å². The molecule has 0 aliphatic heterocycles. The first-order valence-electron chi connectivity index (χ1n) is 5.28. The molecule has 0 atom stereocenters. The van der Waals surface area contributed by atoms with Crippen molar-refractivity contribution in [1.82, 2.24) is 9.78 Å². The molecule has 0 aliphatic rings. The first-order chi connectivity index (χ1) is 8.47. The molecule has 18 heavy (non-hydrogen) atoms. The van der Waals surface area contributed by atoms with Crippen LogP contribution in [0.15, 0.2) is 24.3 Å². The van der Waals surface area contributed by atoms with Crippen molar-refractivity contribution < 1.29 is 14.6 Å². The summed E-state index contributed by atoms with van der Waals surface area (Å²) in [6.45, 7) is 1.86. The van der Waals surface area contributed by atoms with Gasteiger partial charge in [-0.15, -0.1) is 0 Å². The number of aryl methyl sites for hydroxylation is 2. The molecule has 6 nitrogen and oxygen atoms in total. The molecule has 0 aliphatic carbocycles. The maximum atomic E-state index is 10.8. The Balaban J connectivity index is 2.28. The highest BCUT2D eigenvalue weighted by Crippen LogP contribution is 2.25. The van der Waals surface area contributed by atoms with Gasteiger partial charge < -0.3 is 15.6 Å². The Bertz CT molecular complexity index is 605. The van der Waals surface area contributed by atoms with Crippen molar-refractivity contribution in [2.24, 2.45) is 7.05 Å². The highest BCUT2D eigenvalue weighted by Gasteiger charge is 2.10. The number of nitrogens with zero attached hydrogens (tertiary/aromatic N) is 2. The van der Waals surface area contributed by atoms with Gasteiger partial charge in [0.1, 0.15) is 5.75 Å². The maximum absolute atomic E-state index is 10.8. The standard InChI is InChI=1S/C12H13N3O3/c1-7-5-11(15(2)14-7)18-8-3-4-9(12(16)17)10(13)6-8/h3-6H,13H2,1-2H3,(H,16,17). The summed E-state index contributed by atoms with van der Waals surface area (Å²) in [4.78, 5) is 10.8. The largest absolute Gasteiger partial charge is 0.478 e. The van der Waals surface area contributed by atoms with Gasteiger partial charge in [-0.05, 0) is 19.1 Å². The van der Waals surface area contributed by atoms with E-state index in [-0.39, 0.29) is 11.3 Å². The Kier molecular flexibility index (Phi) is 2.93. The first-order valence-corrected chi connectivity index (χ1v) is 5.28. The van der Waals surface area contributed by atoms with E-state index in [9.17, 15) is 4.79 Å². The fourth-order valence-electron chi connectivity index (χ4n) is 1.60. The van der Waals surface area contributed by atoms with E-state index >= 15 is 0 Å². The van der Waals surface area contributed by atoms with Crippen LogP contribution in [0.1, 0.15) is 16.1 Å². The van der Waals surface area contributed by atoms with Crippen molar-refractivity contribution in [3.05, 3.63) is 35.5 Å². The summed E-state index contributed by atoms with van der Waals surface area (Å²) in [7, 11) is 1.76. The minimum atomic E-state index is -1.06. The van der Waals surface area contributed by atoms with Crippen molar-refractivity contribution in [3.8, 4) is 11.6 Å². The van der Waals surface area contributed by atoms with Gasteiger partial charge in [0.2, 0.25) is 5.88 Å². The van der Waals surface area contributed by atoms with Crippen LogP contribution in [-0.2, 0) is 7.05 Å². The van der Waals surface area contributed by atoms with Gasteiger partial charge >= 0.3 is 5.97 Å². The van der Waals surface area contributed by atoms with E-state index in [1.807, 2.05) is 6.92 Å². The Hall–Kier alpha value is -2.50. The van der Waals surface area contributed by atoms with E-state index in [0.29, 0.717) is 11.6 Å². The van der Waals surface area contributed by atoms with Crippen molar-refractivity contribution in [2.45, 2.75) is 6.92 Å². The zero-order valence-corrected chi connectivity index (χ0v) is 10.0. The number of rotatable bonds is 3. The van der Waals surface area contributed by atoms with Crippen LogP contribution in [0.25, 0.3) is 0 Å². The molecule has 0 amide bonds. The fraction of sp³-hybridized carbons (Fsp3) is 0.167. The van der Waals surface area contributed by atoms with E-state index < -0.39 is 5.97 Å². The number of anilines is 1. The van der Waals surface area contributed by atoms with E-state index in [2.05, 4.69) is 5.10 Å². The molecular weight excluding hydrogens is 234 g/mol. The summed E-state index contributed by atoms with van der Waals surface area (Å²) < 4.78 is 7.17. The van der Waals surface area contributed by atoms with E-state index in [4.69, 9.17) is 15.6 Å². The number of aromatic nitrogens is 2. The number of carboxylic acids is 1. The van der Waals surface area contributed by atoms with Gasteiger partial charge in [-0.3, -0.25) is 0 Å². The second kappa shape index (κ2) is 4.40. The van der Waals surface area contributed by atoms with Crippen LogP contribution >= 0.6 is 0 Å². The lowest BCUT2D eigenvalue weighted by Crippen LogP contribution is -2.02. The lowest BCUT2D eigenvalue weighted by molar-refractivity contribution is 0.0698. The van der Waals surface area contributed by atoms with Crippen molar-refractivity contribution >= 4 is 11.7 Å². The van der Waals surface area contributed by atoms with Crippen LogP contribution in [0.5, 0.6) is 11.6 Å². The summed E-state index contributed by atoms with van der Waals surface area (Å²) in [5, 5.41) is 13.0. The van der Waals surface area contributed by atoms with Gasteiger partial charge in [-0.1, -0.05) is 0 Å². The molecule has 6 heteroatoms. The second-order valence-electron chi connectivity index (χ2n) is 3.90.